The molecule has 0 atom stereocenters. The number of rotatable bonds is 11. The van der Waals surface area contributed by atoms with Crippen molar-refractivity contribution < 1.29 is 4.79 Å². The number of aromatic nitrogens is 6. The Bertz CT molecular complexity index is 950. The fraction of sp³-hybridized carbons (Fsp3) is 0.600. The molecule has 0 unspecified atom stereocenters. The van der Waals surface area contributed by atoms with Gasteiger partial charge >= 0.3 is 0 Å². The smallest absolute Gasteiger partial charge is 0.252 e. The summed E-state index contributed by atoms with van der Waals surface area (Å²) in [5.74, 6) is 0.518. The first-order chi connectivity index (χ1) is 14.1. The van der Waals surface area contributed by atoms with Crippen LogP contribution in [0.4, 0.5) is 5.13 Å². The molecule has 9 heteroatoms. The minimum atomic E-state index is -0.0650. The van der Waals surface area contributed by atoms with Crippen molar-refractivity contribution in [1.82, 2.24) is 29.8 Å². The van der Waals surface area contributed by atoms with Gasteiger partial charge in [0, 0.05) is 24.2 Å². The van der Waals surface area contributed by atoms with Gasteiger partial charge in [-0.3, -0.25) is 4.79 Å². The Morgan fingerprint density at radius 3 is 2.72 bits per heavy atom. The molecule has 0 aliphatic rings. The average molecular weight is 416 g/mol. The fourth-order valence-electron chi connectivity index (χ4n) is 3.40. The number of aryl methyl sites for hydroxylation is 3. The molecule has 3 aromatic rings. The summed E-state index contributed by atoms with van der Waals surface area (Å²) < 4.78 is 1.71. The molecule has 0 saturated heterocycles. The number of unbranched alkanes of at least 4 members (excludes halogenated alkanes) is 5. The molecule has 1 N–H and O–H groups in total. The molecule has 8 nitrogen and oxygen atoms in total. The van der Waals surface area contributed by atoms with Crippen LogP contribution in [0.1, 0.15) is 73.8 Å². The van der Waals surface area contributed by atoms with Crippen molar-refractivity contribution in [3.8, 4) is 0 Å². The lowest BCUT2D eigenvalue weighted by molar-refractivity contribution is -0.116. The van der Waals surface area contributed by atoms with Crippen molar-refractivity contribution >= 4 is 28.2 Å². The van der Waals surface area contributed by atoms with E-state index in [1.165, 1.54) is 49.8 Å². The molecule has 156 valence electrons. The van der Waals surface area contributed by atoms with Gasteiger partial charge in [0.2, 0.25) is 11.0 Å². The van der Waals surface area contributed by atoms with Crippen molar-refractivity contribution in [3.05, 3.63) is 28.3 Å². The van der Waals surface area contributed by atoms with Gasteiger partial charge in [0.15, 0.2) is 0 Å². The van der Waals surface area contributed by atoms with Gasteiger partial charge in [-0.25, -0.2) is 9.50 Å². The number of nitrogens with one attached hydrogen (secondary N) is 1. The third kappa shape index (κ3) is 5.79. The maximum atomic E-state index is 12.4. The monoisotopic (exact) mass is 415 g/mol. The highest BCUT2D eigenvalue weighted by molar-refractivity contribution is 7.15. The van der Waals surface area contributed by atoms with Gasteiger partial charge in [-0.15, -0.1) is 10.2 Å². The van der Waals surface area contributed by atoms with Gasteiger partial charge in [-0.2, -0.15) is 10.1 Å². The van der Waals surface area contributed by atoms with Crippen LogP contribution < -0.4 is 5.32 Å². The van der Waals surface area contributed by atoms with E-state index >= 15 is 0 Å². The molecule has 3 heterocycles. The highest BCUT2D eigenvalue weighted by atomic mass is 32.1. The maximum absolute atomic E-state index is 12.4. The van der Waals surface area contributed by atoms with Crippen molar-refractivity contribution in [2.75, 3.05) is 5.32 Å². The molecular weight excluding hydrogens is 386 g/mol. The van der Waals surface area contributed by atoms with E-state index in [4.69, 9.17) is 0 Å². The number of anilines is 1. The summed E-state index contributed by atoms with van der Waals surface area (Å²) in [5, 5.41) is 16.9. The van der Waals surface area contributed by atoms with Crippen LogP contribution in [0.25, 0.3) is 5.78 Å². The van der Waals surface area contributed by atoms with Crippen LogP contribution in [0.3, 0.4) is 0 Å². The summed E-state index contributed by atoms with van der Waals surface area (Å²) in [7, 11) is 0. The Hall–Kier alpha value is -2.42. The Morgan fingerprint density at radius 1 is 1.10 bits per heavy atom. The standard InChI is InChI=1S/C20H29N7OS/c1-4-5-6-7-8-9-10-18-25-26-20(29-18)24-17(28)12-11-16-14(2)23-19-21-13-22-27(19)15(16)3/h13H,4-12H2,1-3H3,(H,24,26,28). The fourth-order valence-corrected chi connectivity index (χ4v) is 4.20. The largest absolute Gasteiger partial charge is 0.301 e. The molecule has 3 aromatic heterocycles. The minimum absolute atomic E-state index is 0.0650. The average Bonchev–Trinajstić information content (AvgIpc) is 3.34. The molecule has 29 heavy (non-hydrogen) atoms. The van der Waals surface area contributed by atoms with E-state index in [-0.39, 0.29) is 5.91 Å². The van der Waals surface area contributed by atoms with Crippen LogP contribution >= 0.6 is 11.3 Å². The number of amides is 1. The third-order valence-corrected chi connectivity index (χ3v) is 5.95. The predicted octanol–water partition coefficient (Wildman–Crippen LogP) is 4.07. The predicted molar refractivity (Wildman–Crippen MR) is 114 cm³/mol. The molecule has 0 fully saturated rings. The summed E-state index contributed by atoms with van der Waals surface area (Å²) >= 11 is 1.47. The van der Waals surface area contributed by atoms with E-state index in [1.807, 2.05) is 13.8 Å². The quantitative estimate of drug-likeness (QED) is 0.474. The van der Waals surface area contributed by atoms with Gasteiger partial charge in [0.1, 0.15) is 11.3 Å². The number of hydrogen-bond donors (Lipinski definition) is 1. The second-order valence-corrected chi connectivity index (χ2v) is 8.36. The van der Waals surface area contributed by atoms with Crippen molar-refractivity contribution in [3.63, 3.8) is 0 Å². The second kappa shape index (κ2) is 10.4. The van der Waals surface area contributed by atoms with Crippen LogP contribution in [0.2, 0.25) is 0 Å². The minimum Gasteiger partial charge on any atom is -0.301 e. The van der Waals surface area contributed by atoms with Gasteiger partial charge in [0.25, 0.3) is 5.78 Å². The van der Waals surface area contributed by atoms with Crippen LogP contribution in [-0.4, -0.2) is 35.7 Å². The molecule has 0 radical (unpaired) electrons. The molecular formula is C20H29N7OS. The number of carbonyl (C=O) groups is 1. The summed E-state index contributed by atoms with van der Waals surface area (Å²) in [6.45, 7) is 6.14. The molecule has 1 amide bonds. The summed E-state index contributed by atoms with van der Waals surface area (Å²) in [4.78, 5) is 20.9. The number of nitrogens with zero attached hydrogens (tertiary/aromatic N) is 6. The number of fused-ring (bicyclic) bond motifs is 1. The first kappa shape index (κ1) is 21.3. The van der Waals surface area contributed by atoms with E-state index in [1.54, 1.807) is 4.52 Å². The Labute approximate surface area is 175 Å². The summed E-state index contributed by atoms with van der Waals surface area (Å²) in [6.07, 6.45) is 10.9. The normalized spacial score (nSPS) is 11.3. The zero-order valence-corrected chi connectivity index (χ0v) is 18.3. The van der Waals surface area contributed by atoms with Gasteiger partial charge < -0.3 is 5.32 Å². The Morgan fingerprint density at radius 2 is 1.90 bits per heavy atom. The second-order valence-electron chi connectivity index (χ2n) is 7.30. The third-order valence-electron chi connectivity index (χ3n) is 5.05. The van der Waals surface area contributed by atoms with Gasteiger partial charge in [0.05, 0.1) is 0 Å². The SMILES string of the molecule is CCCCCCCCc1nnc(NC(=O)CCc2c(C)nc3ncnn3c2C)s1. The molecule has 0 aliphatic heterocycles. The highest BCUT2D eigenvalue weighted by Gasteiger charge is 2.14. The lowest BCUT2D eigenvalue weighted by Gasteiger charge is -2.09. The summed E-state index contributed by atoms with van der Waals surface area (Å²) in [6, 6.07) is 0. The number of hydrogen-bond acceptors (Lipinski definition) is 7. The topological polar surface area (TPSA) is 98.0 Å². The van der Waals surface area contributed by atoms with E-state index < -0.39 is 0 Å². The van der Waals surface area contributed by atoms with E-state index in [0.29, 0.717) is 23.8 Å². The van der Waals surface area contributed by atoms with Gasteiger partial charge in [-0.1, -0.05) is 50.4 Å². The molecule has 0 aliphatic carbocycles. The molecule has 0 aromatic carbocycles. The Balaban J connectivity index is 1.46. The number of carbonyl (C=O) groups excluding carboxylic acids is 1. The first-order valence-corrected chi connectivity index (χ1v) is 11.2. The van der Waals surface area contributed by atoms with Crippen LogP contribution in [-0.2, 0) is 17.6 Å². The highest BCUT2D eigenvalue weighted by Crippen LogP contribution is 2.19. The van der Waals surface area contributed by atoms with Crippen molar-refractivity contribution in [2.24, 2.45) is 0 Å². The van der Waals surface area contributed by atoms with Crippen molar-refractivity contribution in [2.45, 2.75) is 78.6 Å². The summed E-state index contributed by atoms with van der Waals surface area (Å²) in [5.41, 5.74) is 2.88. The van der Waals surface area contributed by atoms with Gasteiger partial charge in [-0.05, 0) is 32.3 Å². The Kier molecular flexibility index (Phi) is 7.62. The molecule has 3 rings (SSSR count). The lowest BCUT2D eigenvalue weighted by Crippen LogP contribution is -2.14. The zero-order valence-electron chi connectivity index (χ0n) is 17.4. The van der Waals surface area contributed by atoms with Crippen LogP contribution in [0.5, 0.6) is 0 Å². The van der Waals surface area contributed by atoms with Crippen molar-refractivity contribution in [1.29, 1.82) is 0 Å². The molecule has 0 spiro atoms. The van der Waals surface area contributed by atoms with E-state index in [9.17, 15) is 4.79 Å². The zero-order chi connectivity index (χ0) is 20.6. The first-order valence-electron chi connectivity index (χ1n) is 10.4. The van der Waals surface area contributed by atoms with Crippen LogP contribution in [0, 0.1) is 13.8 Å². The molecule has 0 bridgehead atoms. The van der Waals surface area contributed by atoms with E-state index in [0.717, 1.165) is 34.8 Å². The maximum Gasteiger partial charge on any atom is 0.252 e. The van der Waals surface area contributed by atoms with Crippen LogP contribution in [0.15, 0.2) is 6.33 Å². The lowest BCUT2D eigenvalue weighted by atomic mass is 10.1. The molecule has 0 saturated carbocycles. The van der Waals surface area contributed by atoms with E-state index in [2.05, 4.69) is 37.5 Å².